The minimum Gasteiger partial charge on any atom is -0.339 e. The minimum absolute atomic E-state index is 0.0403. The molecule has 1 aromatic heterocycles. The van der Waals surface area contributed by atoms with Gasteiger partial charge in [-0.3, -0.25) is 4.79 Å². The van der Waals surface area contributed by atoms with Crippen molar-refractivity contribution >= 4 is 27.5 Å². The molecule has 4 rings (SSSR count). The van der Waals surface area contributed by atoms with E-state index in [1.54, 1.807) is 9.58 Å². The smallest absolute Gasteiger partial charge is 0.241 e. The van der Waals surface area contributed by atoms with Crippen LogP contribution in [0.1, 0.15) is 12.5 Å². The highest BCUT2D eigenvalue weighted by Gasteiger charge is 2.29. The lowest BCUT2D eigenvalue weighted by atomic mass is 10.2. The Kier molecular flexibility index (Phi) is 6.03. The number of sulfonamides is 1. The number of nitrogens with zero attached hydrogens (tertiary/aromatic N) is 4. The number of hydrogen-bond acceptors (Lipinski definition) is 5. The van der Waals surface area contributed by atoms with Crippen LogP contribution in [0.15, 0.2) is 59.6 Å². The molecule has 31 heavy (non-hydrogen) atoms. The average molecular weight is 464 g/mol. The topological polar surface area (TPSA) is 97.2 Å². The van der Waals surface area contributed by atoms with Gasteiger partial charge in [0.25, 0.3) is 0 Å². The van der Waals surface area contributed by atoms with Crippen LogP contribution in [-0.4, -0.2) is 53.9 Å². The zero-order valence-corrected chi connectivity index (χ0v) is 17.9. The first-order valence-electron chi connectivity index (χ1n) is 9.53. The van der Waals surface area contributed by atoms with Gasteiger partial charge in [0.2, 0.25) is 15.9 Å². The molecule has 162 valence electrons. The molecule has 0 saturated carbocycles. The molecule has 0 radical (unpaired) electrons. The highest BCUT2D eigenvalue weighted by molar-refractivity contribution is 7.89. The van der Waals surface area contributed by atoms with Crippen LogP contribution in [0.4, 0.5) is 4.39 Å². The second kappa shape index (κ2) is 8.74. The van der Waals surface area contributed by atoms with Gasteiger partial charge < -0.3 is 4.90 Å². The highest BCUT2D eigenvalue weighted by Crippen LogP contribution is 2.24. The van der Waals surface area contributed by atoms with E-state index in [0.29, 0.717) is 19.5 Å². The lowest BCUT2D eigenvalue weighted by Crippen LogP contribution is -2.39. The second-order valence-electron chi connectivity index (χ2n) is 7.13. The van der Waals surface area contributed by atoms with Gasteiger partial charge in [0.05, 0.1) is 28.7 Å². The Bertz CT molecular complexity index is 1200. The number of rotatable bonds is 6. The standard InChI is InChI=1S/C20H19ClFN5O3S/c21-17-10-16(6-7-18(17)22)31(29,30)23-11-20(28)26-9-8-15(12-26)27-13-19(24-25-27)14-4-2-1-3-5-14/h1-7,10,13,15,23H,8-9,11-12H2. The fourth-order valence-electron chi connectivity index (χ4n) is 3.38. The van der Waals surface area contributed by atoms with Gasteiger partial charge >= 0.3 is 0 Å². The Labute approximate surface area is 183 Å². The first-order valence-corrected chi connectivity index (χ1v) is 11.4. The number of halogens is 2. The van der Waals surface area contributed by atoms with Crippen molar-refractivity contribution in [1.29, 1.82) is 0 Å². The van der Waals surface area contributed by atoms with Crippen molar-refractivity contribution in [2.75, 3.05) is 19.6 Å². The molecule has 2 heterocycles. The van der Waals surface area contributed by atoms with Gasteiger partial charge in [-0.15, -0.1) is 5.10 Å². The van der Waals surface area contributed by atoms with Crippen molar-refractivity contribution in [1.82, 2.24) is 24.6 Å². The monoisotopic (exact) mass is 463 g/mol. The third-order valence-electron chi connectivity index (χ3n) is 5.08. The molecule has 1 aliphatic rings. The van der Waals surface area contributed by atoms with Crippen LogP contribution in [-0.2, 0) is 14.8 Å². The first-order chi connectivity index (χ1) is 14.8. The van der Waals surface area contributed by atoms with Gasteiger partial charge in [0.15, 0.2) is 0 Å². The van der Waals surface area contributed by atoms with Crippen LogP contribution in [0.2, 0.25) is 5.02 Å². The molecule has 11 heteroatoms. The summed E-state index contributed by atoms with van der Waals surface area (Å²) in [6.07, 6.45) is 2.53. The van der Waals surface area contributed by atoms with Crippen LogP contribution in [0.5, 0.6) is 0 Å². The third kappa shape index (κ3) is 4.76. The number of carbonyl (C=O) groups is 1. The van der Waals surface area contributed by atoms with E-state index in [4.69, 9.17) is 11.6 Å². The van der Waals surface area contributed by atoms with E-state index in [1.807, 2.05) is 36.5 Å². The Morgan fingerprint density at radius 3 is 2.74 bits per heavy atom. The molecule has 2 aromatic carbocycles. The van der Waals surface area contributed by atoms with E-state index in [9.17, 15) is 17.6 Å². The molecule has 1 fully saturated rings. The van der Waals surface area contributed by atoms with Gasteiger partial charge in [0.1, 0.15) is 11.5 Å². The van der Waals surface area contributed by atoms with Crippen molar-refractivity contribution in [3.63, 3.8) is 0 Å². The molecule has 1 unspecified atom stereocenters. The van der Waals surface area contributed by atoms with E-state index in [1.165, 1.54) is 0 Å². The molecule has 1 N–H and O–H groups in total. The van der Waals surface area contributed by atoms with Crippen LogP contribution in [0.25, 0.3) is 11.3 Å². The van der Waals surface area contributed by atoms with E-state index in [0.717, 1.165) is 29.5 Å². The Hall–Kier alpha value is -2.82. The number of aromatic nitrogens is 3. The minimum atomic E-state index is -3.99. The van der Waals surface area contributed by atoms with Crippen LogP contribution >= 0.6 is 11.6 Å². The Morgan fingerprint density at radius 1 is 1.23 bits per heavy atom. The summed E-state index contributed by atoms with van der Waals surface area (Å²) in [6.45, 7) is 0.478. The van der Waals surface area contributed by atoms with Crippen molar-refractivity contribution in [2.45, 2.75) is 17.4 Å². The van der Waals surface area contributed by atoms with E-state index < -0.39 is 22.4 Å². The molecular weight excluding hydrogens is 445 g/mol. The van der Waals surface area contributed by atoms with E-state index >= 15 is 0 Å². The SMILES string of the molecule is O=C(CNS(=O)(=O)c1ccc(F)c(Cl)c1)N1CCC(n2cc(-c3ccccc3)nn2)C1. The molecule has 0 bridgehead atoms. The van der Waals surface area contributed by atoms with Gasteiger partial charge in [-0.05, 0) is 24.6 Å². The Morgan fingerprint density at radius 2 is 2.00 bits per heavy atom. The molecule has 1 saturated heterocycles. The maximum absolute atomic E-state index is 13.3. The molecule has 1 amide bonds. The molecule has 1 atom stereocenters. The average Bonchev–Trinajstić information content (AvgIpc) is 3.44. The normalized spacial score (nSPS) is 16.6. The second-order valence-corrected chi connectivity index (χ2v) is 9.31. The van der Waals surface area contributed by atoms with Crippen molar-refractivity contribution in [3.05, 3.63) is 65.6 Å². The highest BCUT2D eigenvalue weighted by atomic mass is 35.5. The van der Waals surface area contributed by atoms with Crippen LogP contribution in [0, 0.1) is 5.82 Å². The zero-order chi connectivity index (χ0) is 22.0. The first kappa shape index (κ1) is 21.4. The number of amides is 1. The fourth-order valence-corrected chi connectivity index (χ4v) is 4.62. The van der Waals surface area contributed by atoms with Gasteiger partial charge in [-0.2, -0.15) is 0 Å². The predicted octanol–water partition coefficient (Wildman–Crippen LogP) is 2.49. The maximum Gasteiger partial charge on any atom is 0.241 e. The lowest BCUT2D eigenvalue weighted by molar-refractivity contribution is -0.129. The van der Waals surface area contributed by atoms with Crippen molar-refractivity contribution in [2.24, 2.45) is 0 Å². The number of hydrogen-bond donors (Lipinski definition) is 1. The summed E-state index contributed by atoms with van der Waals surface area (Å²) < 4.78 is 41.9. The van der Waals surface area contributed by atoms with E-state index in [2.05, 4.69) is 15.0 Å². The number of likely N-dealkylation sites (tertiary alicyclic amines) is 1. The summed E-state index contributed by atoms with van der Waals surface area (Å²) in [5, 5.41) is 8.07. The van der Waals surface area contributed by atoms with Gasteiger partial charge in [-0.1, -0.05) is 47.1 Å². The fraction of sp³-hybridized carbons (Fsp3) is 0.250. The molecule has 0 spiro atoms. The Balaban J connectivity index is 1.35. The quantitative estimate of drug-likeness (QED) is 0.605. The summed E-state index contributed by atoms with van der Waals surface area (Å²) >= 11 is 5.65. The number of carbonyl (C=O) groups excluding carboxylic acids is 1. The van der Waals surface area contributed by atoms with Crippen molar-refractivity contribution < 1.29 is 17.6 Å². The summed E-state index contributed by atoms with van der Waals surface area (Å²) in [6, 6.07) is 12.7. The summed E-state index contributed by atoms with van der Waals surface area (Å²) in [7, 11) is -3.99. The number of benzene rings is 2. The van der Waals surface area contributed by atoms with Crippen LogP contribution < -0.4 is 4.72 Å². The summed E-state index contributed by atoms with van der Waals surface area (Å²) in [5.74, 6) is -1.08. The maximum atomic E-state index is 13.3. The molecule has 3 aromatic rings. The zero-order valence-electron chi connectivity index (χ0n) is 16.3. The lowest BCUT2D eigenvalue weighted by Gasteiger charge is -2.17. The predicted molar refractivity (Wildman–Crippen MR) is 112 cm³/mol. The van der Waals surface area contributed by atoms with Crippen LogP contribution in [0.3, 0.4) is 0 Å². The summed E-state index contributed by atoms with van der Waals surface area (Å²) in [4.78, 5) is 13.9. The molecular formula is C20H19ClFN5O3S. The van der Waals surface area contributed by atoms with Gasteiger partial charge in [-0.25, -0.2) is 22.2 Å². The largest absolute Gasteiger partial charge is 0.339 e. The molecule has 0 aliphatic carbocycles. The van der Waals surface area contributed by atoms with E-state index in [-0.39, 0.29) is 21.9 Å². The number of nitrogens with one attached hydrogen (secondary N) is 1. The van der Waals surface area contributed by atoms with Crippen molar-refractivity contribution in [3.8, 4) is 11.3 Å². The summed E-state index contributed by atoms with van der Waals surface area (Å²) in [5.41, 5.74) is 1.70. The molecule has 8 nitrogen and oxygen atoms in total. The third-order valence-corrected chi connectivity index (χ3v) is 6.77. The van der Waals surface area contributed by atoms with Gasteiger partial charge in [0, 0.05) is 18.7 Å². The molecule has 1 aliphatic heterocycles.